The number of nitrogens with zero attached hydrogens (tertiary/aromatic N) is 4. The van der Waals surface area contributed by atoms with Crippen LogP contribution < -0.4 is 0 Å². The molecule has 1 atom stereocenters. The second kappa shape index (κ2) is 9.25. The molecule has 4 rings (SSSR count). The smallest absolute Gasteiger partial charge is 0.223 e. The summed E-state index contributed by atoms with van der Waals surface area (Å²) >= 11 is 0. The van der Waals surface area contributed by atoms with Crippen LogP contribution in [0.4, 0.5) is 0 Å². The molecule has 1 heterocycles. The molecule has 1 amide bonds. The van der Waals surface area contributed by atoms with E-state index in [1.807, 2.05) is 43.3 Å². The Balaban J connectivity index is 1.34. The van der Waals surface area contributed by atoms with E-state index in [9.17, 15) is 9.59 Å². The fraction of sp³-hybridized carbons (Fsp3) is 0.360. The van der Waals surface area contributed by atoms with Crippen molar-refractivity contribution in [1.82, 2.24) is 19.7 Å². The molecule has 1 aliphatic carbocycles. The maximum Gasteiger partial charge on any atom is 0.223 e. The number of ketones is 1. The zero-order valence-electron chi connectivity index (χ0n) is 18.1. The molecule has 0 N–H and O–H groups in total. The lowest BCUT2D eigenvalue weighted by molar-refractivity contribution is -0.131. The van der Waals surface area contributed by atoms with E-state index in [4.69, 9.17) is 0 Å². The Morgan fingerprint density at radius 1 is 1.03 bits per heavy atom. The lowest BCUT2D eigenvalue weighted by Gasteiger charge is -2.25. The van der Waals surface area contributed by atoms with Crippen molar-refractivity contribution in [1.29, 1.82) is 0 Å². The summed E-state index contributed by atoms with van der Waals surface area (Å²) in [6.45, 7) is 1.99. The second-order valence-corrected chi connectivity index (χ2v) is 8.23. The van der Waals surface area contributed by atoms with Crippen LogP contribution in [0.5, 0.6) is 0 Å². The monoisotopic (exact) mass is 416 g/mol. The standard InChI is InChI=1S/C25H28N4O2/c1-18(19-9-11-23(12-10-19)29-17-26-16-27-29)28(2)25(31)14-13-24(30)22-8-7-20-5-3-4-6-21(20)15-22/h7-12,15-18H,3-6,13-14H2,1-2H3/t18-/m1/s1. The van der Waals surface area contributed by atoms with E-state index < -0.39 is 0 Å². The zero-order valence-corrected chi connectivity index (χ0v) is 18.1. The minimum Gasteiger partial charge on any atom is -0.339 e. The van der Waals surface area contributed by atoms with Gasteiger partial charge in [0, 0.05) is 25.5 Å². The molecule has 1 aromatic heterocycles. The molecule has 0 saturated carbocycles. The molecule has 6 nitrogen and oxygen atoms in total. The summed E-state index contributed by atoms with van der Waals surface area (Å²) in [5.74, 6) is 0.0131. The molecule has 0 spiro atoms. The first kappa shape index (κ1) is 21.0. The van der Waals surface area contributed by atoms with Gasteiger partial charge in [0.15, 0.2) is 5.78 Å². The highest BCUT2D eigenvalue weighted by Gasteiger charge is 2.19. The van der Waals surface area contributed by atoms with Crippen LogP contribution in [0.1, 0.15) is 65.7 Å². The number of carbonyl (C=O) groups excluding carboxylic acids is 2. The third kappa shape index (κ3) is 4.74. The Labute approximate surface area is 182 Å². The molecule has 0 aliphatic heterocycles. The molecular weight excluding hydrogens is 388 g/mol. The molecule has 160 valence electrons. The molecule has 1 aliphatic rings. The molecule has 2 aromatic carbocycles. The molecule has 6 heteroatoms. The number of amides is 1. The highest BCUT2D eigenvalue weighted by Crippen LogP contribution is 2.24. The van der Waals surface area contributed by atoms with E-state index in [1.54, 1.807) is 23.0 Å². The van der Waals surface area contributed by atoms with E-state index in [0.717, 1.165) is 29.7 Å². The Kier molecular flexibility index (Phi) is 6.26. The number of benzene rings is 2. The summed E-state index contributed by atoms with van der Waals surface area (Å²) in [4.78, 5) is 31.1. The molecule has 0 unspecified atom stereocenters. The van der Waals surface area contributed by atoms with Gasteiger partial charge >= 0.3 is 0 Å². The van der Waals surface area contributed by atoms with Crippen LogP contribution >= 0.6 is 0 Å². The minimum atomic E-state index is -0.0869. The normalized spacial score (nSPS) is 14.0. The molecule has 0 saturated heterocycles. The maximum atomic E-state index is 12.7. The first-order chi connectivity index (χ1) is 15.0. The van der Waals surface area contributed by atoms with Crippen molar-refractivity contribution in [2.45, 2.75) is 51.5 Å². The Hall–Kier alpha value is -3.28. The van der Waals surface area contributed by atoms with Gasteiger partial charge in [-0.2, -0.15) is 5.10 Å². The van der Waals surface area contributed by atoms with Gasteiger partial charge in [-0.1, -0.05) is 24.3 Å². The van der Waals surface area contributed by atoms with Crippen LogP contribution in [0.25, 0.3) is 5.69 Å². The lowest BCUT2D eigenvalue weighted by atomic mass is 9.89. The van der Waals surface area contributed by atoms with Crippen molar-refractivity contribution in [3.63, 3.8) is 0 Å². The Bertz CT molecular complexity index is 1060. The van der Waals surface area contributed by atoms with E-state index in [2.05, 4.69) is 16.1 Å². The average molecular weight is 417 g/mol. The van der Waals surface area contributed by atoms with Crippen LogP contribution in [0.2, 0.25) is 0 Å². The SMILES string of the molecule is C[C@H](c1ccc(-n2cncn2)cc1)N(C)C(=O)CCC(=O)c1ccc2c(c1)CCCC2. The number of hydrogen-bond acceptors (Lipinski definition) is 4. The Morgan fingerprint density at radius 2 is 1.77 bits per heavy atom. The zero-order chi connectivity index (χ0) is 21.8. The summed E-state index contributed by atoms with van der Waals surface area (Å²) in [5.41, 5.74) is 5.33. The van der Waals surface area contributed by atoms with E-state index in [1.165, 1.54) is 30.3 Å². The Morgan fingerprint density at radius 3 is 2.48 bits per heavy atom. The number of aryl methyl sites for hydroxylation is 2. The van der Waals surface area contributed by atoms with E-state index >= 15 is 0 Å². The fourth-order valence-electron chi connectivity index (χ4n) is 4.13. The van der Waals surface area contributed by atoms with E-state index in [-0.39, 0.29) is 30.6 Å². The lowest BCUT2D eigenvalue weighted by Crippen LogP contribution is -2.29. The third-order valence-corrected chi connectivity index (χ3v) is 6.27. The number of Topliss-reactive ketones (excluding diaryl/α,β-unsaturated/α-hetero) is 1. The largest absolute Gasteiger partial charge is 0.339 e. The molecular formula is C25H28N4O2. The van der Waals surface area contributed by atoms with Crippen LogP contribution in [0.3, 0.4) is 0 Å². The second-order valence-electron chi connectivity index (χ2n) is 8.23. The number of aromatic nitrogens is 3. The van der Waals surface area contributed by atoms with Crippen molar-refractivity contribution in [3.8, 4) is 5.69 Å². The molecule has 0 radical (unpaired) electrons. The van der Waals surface area contributed by atoms with Crippen LogP contribution in [0, 0.1) is 0 Å². The van der Waals surface area contributed by atoms with Crippen molar-refractivity contribution in [2.24, 2.45) is 0 Å². The van der Waals surface area contributed by atoms with Crippen molar-refractivity contribution in [3.05, 3.63) is 77.4 Å². The van der Waals surface area contributed by atoms with Crippen molar-refractivity contribution >= 4 is 11.7 Å². The summed E-state index contributed by atoms with van der Waals surface area (Å²) in [6.07, 6.45) is 8.15. The predicted molar refractivity (Wildman–Crippen MR) is 119 cm³/mol. The summed E-state index contributed by atoms with van der Waals surface area (Å²) in [7, 11) is 1.79. The van der Waals surface area contributed by atoms with Gasteiger partial charge in [0.1, 0.15) is 12.7 Å². The summed E-state index contributed by atoms with van der Waals surface area (Å²) in [5, 5.41) is 4.12. The first-order valence-corrected chi connectivity index (χ1v) is 10.9. The molecule has 0 bridgehead atoms. The summed E-state index contributed by atoms with van der Waals surface area (Å²) < 4.78 is 1.69. The number of carbonyl (C=O) groups is 2. The molecule has 0 fully saturated rings. The molecule has 31 heavy (non-hydrogen) atoms. The van der Waals surface area contributed by atoms with Gasteiger partial charge in [0.05, 0.1) is 11.7 Å². The first-order valence-electron chi connectivity index (χ1n) is 10.9. The number of fused-ring (bicyclic) bond motifs is 1. The van der Waals surface area contributed by atoms with Crippen LogP contribution in [-0.4, -0.2) is 38.4 Å². The van der Waals surface area contributed by atoms with E-state index in [0.29, 0.717) is 0 Å². The number of rotatable bonds is 7. The van der Waals surface area contributed by atoms with Gasteiger partial charge in [-0.25, -0.2) is 9.67 Å². The average Bonchev–Trinajstić information content (AvgIpc) is 3.36. The fourth-order valence-corrected chi connectivity index (χ4v) is 4.13. The predicted octanol–water partition coefficient (Wildman–Crippen LogP) is 4.33. The van der Waals surface area contributed by atoms with Gasteiger partial charge in [-0.15, -0.1) is 0 Å². The third-order valence-electron chi connectivity index (χ3n) is 6.27. The van der Waals surface area contributed by atoms with Gasteiger partial charge in [-0.05, 0) is 67.5 Å². The number of hydrogen-bond donors (Lipinski definition) is 0. The quantitative estimate of drug-likeness (QED) is 0.538. The van der Waals surface area contributed by atoms with Crippen LogP contribution in [0.15, 0.2) is 55.1 Å². The maximum absolute atomic E-state index is 12.7. The van der Waals surface area contributed by atoms with Gasteiger partial charge in [0.2, 0.25) is 5.91 Å². The van der Waals surface area contributed by atoms with Crippen molar-refractivity contribution < 1.29 is 9.59 Å². The van der Waals surface area contributed by atoms with Crippen molar-refractivity contribution in [2.75, 3.05) is 7.05 Å². The summed E-state index contributed by atoms with van der Waals surface area (Å²) in [6, 6.07) is 13.8. The topological polar surface area (TPSA) is 68.1 Å². The van der Waals surface area contributed by atoms with Gasteiger partial charge < -0.3 is 4.90 Å². The molecule has 3 aromatic rings. The van der Waals surface area contributed by atoms with Crippen LogP contribution in [-0.2, 0) is 17.6 Å². The van der Waals surface area contributed by atoms with Gasteiger partial charge in [-0.3, -0.25) is 9.59 Å². The van der Waals surface area contributed by atoms with Gasteiger partial charge in [0.25, 0.3) is 0 Å². The minimum absolute atomic E-state index is 0.0286. The highest BCUT2D eigenvalue weighted by atomic mass is 16.2. The highest BCUT2D eigenvalue weighted by molar-refractivity contribution is 5.98.